The summed E-state index contributed by atoms with van der Waals surface area (Å²) < 4.78 is 13.6. The van der Waals surface area contributed by atoms with Gasteiger partial charge in [0.15, 0.2) is 0 Å². The van der Waals surface area contributed by atoms with Crippen molar-refractivity contribution >= 4 is 28.8 Å². The molecular weight excluding hydrogens is 979 g/mol. The zero-order valence-electron chi connectivity index (χ0n) is 42.7. The van der Waals surface area contributed by atoms with E-state index in [0.717, 1.165) is 62.3 Å². The molecule has 79 heavy (non-hydrogen) atoms. The van der Waals surface area contributed by atoms with E-state index in [-0.39, 0.29) is 0 Å². The third kappa shape index (κ3) is 5.39. The molecule has 12 aromatic carbocycles. The van der Waals surface area contributed by atoms with Gasteiger partial charge in [0.1, 0.15) is 23.0 Å². The van der Waals surface area contributed by atoms with Gasteiger partial charge in [-0.15, -0.1) is 0 Å². The summed E-state index contributed by atoms with van der Waals surface area (Å²) in [7, 11) is 0. The molecule has 0 bridgehead atoms. The molecule has 0 N–H and O–H groups in total. The monoisotopic (exact) mass is 1020 g/mol. The molecule has 3 nitrogen and oxygen atoms in total. The van der Waals surface area contributed by atoms with Gasteiger partial charge < -0.3 is 14.4 Å². The van der Waals surface area contributed by atoms with E-state index in [4.69, 9.17) is 9.47 Å². The maximum Gasteiger partial charge on any atom is 0.132 e. The highest BCUT2D eigenvalue weighted by Crippen LogP contribution is 2.67. The van der Waals surface area contributed by atoms with Gasteiger partial charge >= 0.3 is 0 Å². The topological polar surface area (TPSA) is 21.7 Å². The number of ether oxygens (including phenoxy) is 2. The first-order chi connectivity index (χ1) is 39.2. The van der Waals surface area contributed by atoms with Crippen molar-refractivity contribution in [2.75, 3.05) is 4.90 Å². The zero-order chi connectivity index (χ0) is 51.6. The van der Waals surface area contributed by atoms with E-state index in [2.05, 4.69) is 278 Å². The van der Waals surface area contributed by atoms with Crippen LogP contribution in [-0.4, -0.2) is 0 Å². The molecule has 6 aliphatic rings. The van der Waals surface area contributed by atoms with Gasteiger partial charge in [-0.25, -0.2) is 0 Å². The predicted octanol–water partition coefficient (Wildman–Crippen LogP) is 18.9. The van der Waals surface area contributed by atoms with Crippen LogP contribution < -0.4 is 14.4 Å². The highest BCUT2D eigenvalue weighted by atomic mass is 32.2. The average Bonchev–Trinajstić information content (AvgIpc) is 3.61. The minimum absolute atomic E-state index is 0.495. The molecule has 3 heterocycles. The van der Waals surface area contributed by atoms with Crippen LogP contribution in [0.5, 0.6) is 23.0 Å². The Labute approximate surface area is 462 Å². The lowest BCUT2D eigenvalue weighted by Gasteiger charge is -2.40. The number of rotatable bonds is 3. The molecule has 0 radical (unpaired) electrons. The van der Waals surface area contributed by atoms with E-state index in [0.29, 0.717) is 0 Å². The number of para-hydroxylation sites is 4. The van der Waals surface area contributed by atoms with E-state index >= 15 is 0 Å². The Hall–Kier alpha value is -9.61. The van der Waals surface area contributed by atoms with Gasteiger partial charge in [-0.05, 0) is 151 Å². The molecule has 0 saturated heterocycles. The van der Waals surface area contributed by atoms with Crippen molar-refractivity contribution in [1.82, 2.24) is 0 Å². The SMILES string of the molecule is c1ccc2c(c1)Oc1ccccc1C21c2ccccc2-c2cc(N(c3ccc4c(c3)-c3ccccc3C43c4ccccc4Sc4ccccc43)c3ccc4c(c3)C3(c5ccccc5Oc5ccccc53)c3ccccc3-4)ccc21. The first kappa shape index (κ1) is 43.5. The molecule has 12 aromatic rings. The van der Waals surface area contributed by atoms with Gasteiger partial charge in [-0.2, -0.15) is 0 Å². The Morgan fingerprint density at radius 2 is 0.519 bits per heavy atom. The van der Waals surface area contributed by atoms with E-state index in [9.17, 15) is 0 Å². The van der Waals surface area contributed by atoms with Crippen LogP contribution in [0.4, 0.5) is 17.1 Å². The largest absolute Gasteiger partial charge is 0.457 e. The molecule has 0 atom stereocenters. The van der Waals surface area contributed by atoms with Gasteiger partial charge in [0.2, 0.25) is 0 Å². The van der Waals surface area contributed by atoms with Crippen LogP contribution in [0.1, 0.15) is 66.8 Å². The van der Waals surface area contributed by atoms with Gasteiger partial charge in [-0.1, -0.05) is 212 Å². The van der Waals surface area contributed by atoms with E-state index < -0.39 is 16.2 Å². The number of benzene rings is 12. The number of anilines is 3. The second kappa shape index (κ2) is 15.8. The number of fused-ring (bicyclic) bond motifs is 27. The first-order valence-corrected chi connectivity index (χ1v) is 28.1. The molecule has 3 spiro atoms. The fourth-order valence-electron chi connectivity index (χ4n) is 15.4. The van der Waals surface area contributed by atoms with Crippen molar-refractivity contribution in [1.29, 1.82) is 0 Å². The second-order valence-corrected chi connectivity index (χ2v) is 22.8. The number of hydrogen-bond donors (Lipinski definition) is 0. The fourth-order valence-corrected chi connectivity index (χ4v) is 16.6. The molecule has 0 aromatic heterocycles. The van der Waals surface area contributed by atoms with Crippen molar-refractivity contribution in [3.8, 4) is 56.4 Å². The van der Waals surface area contributed by atoms with Crippen LogP contribution in [0, 0.1) is 0 Å². The molecule has 0 amide bonds. The van der Waals surface area contributed by atoms with Crippen molar-refractivity contribution in [3.05, 3.63) is 340 Å². The maximum absolute atomic E-state index is 6.82. The third-order valence-corrected chi connectivity index (χ3v) is 19.4. The van der Waals surface area contributed by atoms with Gasteiger partial charge in [0.25, 0.3) is 0 Å². The standard InChI is InChI=1S/C75H45NO2S/c1-4-22-55-49(19-1)52-40-37-48(45-66(52)75(55)62-27-9-15-33-69(62)78-70-34-16-10-28-63(70)75)76(46-38-41-58-53(43-46)50-20-2-5-23-56(50)73(58)60-25-7-13-31-67(60)77-68-32-14-8-26-61(68)73)47-39-42-59-54(44-47)51-21-3-6-24-57(51)74(59)64-29-11-17-35-71(64)79-72-36-18-12-30-65(72)74/h1-45H. The molecule has 3 aliphatic carbocycles. The Kier molecular flexibility index (Phi) is 8.67. The molecule has 368 valence electrons. The quantitative estimate of drug-likeness (QED) is 0.176. The Morgan fingerprint density at radius 1 is 0.228 bits per heavy atom. The van der Waals surface area contributed by atoms with Crippen molar-refractivity contribution in [2.45, 2.75) is 26.0 Å². The second-order valence-electron chi connectivity index (χ2n) is 21.7. The summed E-state index contributed by atoms with van der Waals surface area (Å²) in [5.41, 5.74) is 23.8. The lowest BCUT2D eigenvalue weighted by atomic mass is 9.66. The van der Waals surface area contributed by atoms with Crippen LogP contribution >= 0.6 is 11.8 Å². The van der Waals surface area contributed by atoms with E-state index in [1.807, 2.05) is 11.8 Å². The first-order valence-electron chi connectivity index (χ1n) is 27.3. The Balaban J connectivity index is 0.918. The molecular formula is C75H45NO2S. The molecule has 18 rings (SSSR count). The summed E-state index contributed by atoms with van der Waals surface area (Å²) in [5.74, 6) is 3.53. The van der Waals surface area contributed by atoms with Crippen LogP contribution in [0.15, 0.2) is 283 Å². The van der Waals surface area contributed by atoms with Crippen LogP contribution in [0.25, 0.3) is 33.4 Å². The minimum atomic E-state index is -0.644. The molecule has 0 unspecified atom stereocenters. The third-order valence-electron chi connectivity index (χ3n) is 18.3. The summed E-state index contributed by atoms with van der Waals surface area (Å²) in [4.78, 5) is 5.12. The van der Waals surface area contributed by atoms with Crippen molar-refractivity contribution in [2.24, 2.45) is 0 Å². The fraction of sp³-hybridized carbons (Fsp3) is 0.0400. The Bertz CT molecular complexity index is 4310. The lowest BCUT2D eigenvalue weighted by molar-refractivity contribution is 0.436. The van der Waals surface area contributed by atoms with Crippen LogP contribution in [0.3, 0.4) is 0 Å². The average molecular weight is 1020 g/mol. The van der Waals surface area contributed by atoms with Crippen LogP contribution in [-0.2, 0) is 16.2 Å². The summed E-state index contributed by atoms with van der Waals surface area (Å²) in [6.45, 7) is 0. The van der Waals surface area contributed by atoms with Gasteiger partial charge in [0, 0.05) is 49.1 Å². The number of hydrogen-bond acceptors (Lipinski definition) is 4. The molecule has 0 saturated carbocycles. The number of nitrogens with zero attached hydrogens (tertiary/aromatic N) is 1. The van der Waals surface area contributed by atoms with Gasteiger partial charge in [0.05, 0.1) is 16.2 Å². The van der Waals surface area contributed by atoms with Crippen LogP contribution in [0.2, 0.25) is 0 Å². The van der Waals surface area contributed by atoms with E-state index in [1.165, 1.54) is 87.7 Å². The van der Waals surface area contributed by atoms with Crippen molar-refractivity contribution < 1.29 is 9.47 Å². The smallest absolute Gasteiger partial charge is 0.132 e. The summed E-state index contributed by atoms with van der Waals surface area (Å²) in [6.07, 6.45) is 0. The lowest BCUT2D eigenvalue weighted by Crippen LogP contribution is -2.32. The molecule has 4 heteroatoms. The summed E-state index contributed by atoms with van der Waals surface area (Å²) in [5, 5.41) is 0. The van der Waals surface area contributed by atoms with Gasteiger partial charge in [-0.3, -0.25) is 0 Å². The highest BCUT2D eigenvalue weighted by molar-refractivity contribution is 7.99. The zero-order valence-corrected chi connectivity index (χ0v) is 43.5. The predicted molar refractivity (Wildman–Crippen MR) is 317 cm³/mol. The molecule has 0 fully saturated rings. The highest BCUT2D eigenvalue weighted by Gasteiger charge is 2.54. The maximum atomic E-state index is 6.82. The van der Waals surface area contributed by atoms with Crippen molar-refractivity contribution in [3.63, 3.8) is 0 Å². The summed E-state index contributed by atoms with van der Waals surface area (Å²) in [6, 6.07) is 102. The van der Waals surface area contributed by atoms with E-state index in [1.54, 1.807) is 0 Å². The normalized spacial score (nSPS) is 15.3. The summed E-state index contributed by atoms with van der Waals surface area (Å²) >= 11 is 1.88. The molecule has 3 aliphatic heterocycles. The minimum Gasteiger partial charge on any atom is -0.457 e. The Morgan fingerprint density at radius 3 is 0.962 bits per heavy atom.